The number of amides is 1. The van der Waals surface area contributed by atoms with Crippen LogP contribution in [0.3, 0.4) is 0 Å². The van der Waals surface area contributed by atoms with Crippen molar-refractivity contribution in [2.75, 3.05) is 19.7 Å². The number of sulfonamides is 1. The molecule has 2 N–H and O–H groups in total. The molecule has 1 heterocycles. The van der Waals surface area contributed by atoms with Crippen LogP contribution >= 0.6 is 0 Å². The SMILES string of the molecule is Cc1nc(S(=O)(=O)NCCC(=O)OCC(=O)NCCc2ccc(OC(F)F)cc2)cn1C. The Balaban J connectivity index is 1.62. The quantitative estimate of drug-likeness (QED) is 0.438. The van der Waals surface area contributed by atoms with Crippen LogP contribution in [-0.2, 0) is 37.8 Å². The number of aromatic nitrogens is 2. The van der Waals surface area contributed by atoms with Gasteiger partial charge in [-0.3, -0.25) is 9.59 Å². The van der Waals surface area contributed by atoms with Crippen LogP contribution in [0.2, 0.25) is 0 Å². The van der Waals surface area contributed by atoms with Crippen molar-refractivity contribution in [3.63, 3.8) is 0 Å². The summed E-state index contributed by atoms with van der Waals surface area (Å²) in [5, 5.41) is 2.40. The van der Waals surface area contributed by atoms with Gasteiger partial charge in [0.05, 0.1) is 6.42 Å². The summed E-state index contributed by atoms with van der Waals surface area (Å²) in [5.41, 5.74) is 0.791. The lowest BCUT2D eigenvalue weighted by atomic mass is 10.1. The molecule has 0 radical (unpaired) electrons. The van der Waals surface area contributed by atoms with Gasteiger partial charge in [-0.15, -0.1) is 0 Å². The van der Waals surface area contributed by atoms with Crippen LogP contribution in [0.5, 0.6) is 5.75 Å². The maximum absolute atomic E-state index is 12.1. The summed E-state index contributed by atoms with van der Waals surface area (Å²) in [4.78, 5) is 27.4. The van der Waals surface area contributed by atoms with Gasteiger partial charge >= 0.3 is 12.6 Å². The van der Waals surface area contributed by atoms with Gasteiger partial charge in [0, 0.05) is 26.3 Å². The Bertz CT molecular complexity index is 1010. The number of nitrogens with zero attached hydrogens (tertiary/aromatic N) is 2. The molecule has 176 valence electrons. The Labute approximate surface area is 184 Å². The van der Waals surface area contributed by atoms with E-state index in [9.17, 15) is 26.8 Å². The van der Waals surface area contributed by atoms with Crippen molar-refractivity contribution < 1.29 is 36.3 Å². The van der Waals surface area contributed by atoms with E-state index in [2.05, 4.69) is 19.8 Å². The predicted molar refractivity (Wildman–Crippen MR) is 108 cm³/mol. The van der Waals surface area contributed by atoms with Crippen LogP contribution < -0.4 is 14.8 Å². The highest BCUT2D eigenvalue weighted by atomic mass is 32.2. The number of carbonyl (C=O) groups is 2. The van der Waals surface area contributed by atoms with Gasteiger partial charge in [0.2, 0.25) is 0 Å². The second kappa shape index (κ2) is 11.5. The van der Waals surface area contributed by atoms with E-state index in [1.54, 1.807) is 30.7 Å². The number of carbonyl (C=O) groups excluding carboxylic acids is 2. The number of aryl methyl sites for hydroxylation is 2. The molecule has 0 saturated carbocycles. The topological polar surface area (TPSA) is 129 Å². The fraction of sp³-hybridized carbons (Fsp3) is 0.421. The molecule has 0 atom stereocenters. The number of hydrogen-bond acceptors (Lipinski definition) is 7. The van der Waals surface area contributed by atoms with Crippen LogP contribution in [0.15, 0.2) is 35.5 Å². The van der Waals surface area contributed by atoms with Crippen LogP contribution in [0.25, 0.3) is 0 Å². The number of imidazole rings is 1. The summed E-state index contributed by atoms with van der Waals surface area (Å²) < 4.78 is 61.3. The fourth-order valence-electron chi connectivity index (χ4n) is 2.47. The summed E-state index contributed by atoms with van der Waals surface area (Å²) >= 11 is 0. The van der Waals surface area contributed by atoms with Gasteiger partial charge in [-0.1, -0.05) is 12.1 Å². The lowest BCUT2D eigenvalue weighted by Gasteiger charge is -2.08. The van der Waals surface area contributed by atoms with Gasteiger partial charge in [0.1, 0.15) is 11.6 Å². The standard InChI is InChI=1S/C19H24F2N4O6S/c1-13-24-17(11-25(13)2)32(28,29)23-10-8-18(27)30-12-16(26)22-9-7-14-3-5-15(6-4-14)31-19(20)21/h3-6,11,19,23H,7-10,12H2,1-2H3,(H,22,26). The first-order valence-electron chi connectivity index (χ1n) is 9.52. The van der Waals surface area contributed by atoms with E-state index in [0.29, 0.717) is 12.2 Å². The summed E-state index contributed by atoms with van der Waals surface area (Å²) in [6.45, 7) is -1.71. The van der Waals surface area contributed by atoms with Gasteiger partial charge in [-0.2, -0.15) is 8.78 Å². The number of hydrogen-bond donors (Lipinski definition) is 2. The molecule has 0 unspecified atom stereocenters. The highest BCUT2D eigenvalue weighted by Gasteiger charge is 2.18. The highest BCUT2D eigenvalue weighted by Crippen LogP contribution is 2.15. The molecule has 13 heteroatoms. The van der Waals surface area contributed by atoms with E-state index >= 15 is 0 Å². The lowest BCUT2D eigenvalue weighted by Crippen LogP contribution is -2.31. The van der Waals surface area contributed by atoms with E-state index in [1.807, 2.05) is 0 Å². The lowest BCUT2D eigenvalue weighted by molar-refractivity contribution is -0.148. The highest BCUT2D eigenvalue weighted by molar-refractivity contribution is 7.89. The van der Waals surface area contributed by atoms with Gasteiger partial charge in [-0.25, -0.2) is 18.1 Å². The average molecular weight is 474 g/mol. The molecule has 0 aliphatic carbocycles. The van der Waals surface area contributed by atoms with Crippen LogP contribution in [0.1, 0.15) is 17.8 Å². The third-order valence-electron chi connectivity index (χ3n) is 4.23. The van der Waals surface area contributed by atoms with E-state index < -0.39 is 35.1 Å². The number of ether oxygens (including phenoxy) is 2. The number of halogens is 2. The molecule has 0 spiro atoms. The molecule has 1 aromatic carbocycles. The minimum Gasteiger partial charge on any atom is -0.456 e. The van der Waals surface area contributed by atoms with E-state index in [4.69, 9.17) is 4.74 Å². The normalized spacial score (nSPS) is 11.4. The molecule has 1 amide bonds. The smallest absolute Gasteiger partial charge is 0.387 e. The Morgan fingerprint density at radius 3 is 2.47 bits per heavy atom. The first kappa shape index (κ1) is 25.2. The van der Waals surface area contributed by atoms with E-state index in [1.165, 1.54) is 18.3 Å². The van der Waals surface area contributed by atoms with Crippen molar-refractivity contribution in [3.05, 3.63) is 41.9 Å². The zero-order valence-corrected chi connectivity index (χ0v) is 18.3. The van der Waals surface area contributed by atoms with Crippen LogP contribution in [-0.4, -0.2) is 56.2 Å². The van der Waals surface area contributed by atoms with Crippen molar-refractivity contribution in [2.45, 2.75) is 31.4 Å². The van der Waals surface area contributed by atoms with Crippen molar-refractivity contribution in [1.29, 1.82) is 0 Å². The zero-order chi connectivity index (χ0) is 23.7. The number of benzene rings is 1. The molecule has 2 aromatic rings. The fourth-order valence-corrected chi connectivity index (χ4v) is 3.54. The molecular formula is C19H24F2N4O6S. The Morgan fingerprint density at radius 2 is 1.88 bits per heavy atom. The maximum atomic E-state index is 12.1. The summed E-state index contributed by atoms with van der Waals surface area (Å²) in [5.74, 6) is -0.707. The van der Waals surface area contributed by atoms with Gasteiger partial charge in [0.25, 0.3) is 15.9 Å². The van der Waals surface area contributed by atoms with Gasteiger partial charge in [-0.05, 0) is 31.0 Å². The van der Waals surface area contributed by atoms with Crippen molar-refractivity contribution in [2.24, 2.45) is 7.05 Å². The number of rotatable bonds is 12. The first-order chi connectivity index (χ1) is 15.1. The number of alkyl halides is 2. The zero-order valence-electron chi connectivity index (χ0n) is 17.5. The Hall–Kier alpha value is -3.06. The van der Waals surface area contributed by atoms with E-state index in [-0.39, 0.29) is 30.3 Å². The van der Waals surface area contributed by atoms with Gasteiger partial charge in [0.15, 0.2) is 11.6 Å². The van der Waals surface area contributed by atoms with Crippen molar-refractivity contribution in [1.82, 2.24) is 19.6 Å². The molecule has 0 fully saturated rings. The summed E-state index contributed by atoms with van der Waals surface area (Å²) in [6, 6.07) is 5.98. The van der Waals surface area contributed by atoms with E-state index in [0.717, 1.165) is 5.56 Å². The van der Waals surface area contributed by atoms with Crippen LogP contribution in [0, 0.1) is 6.92 Å². The maximum Gasteiger partial charge on any atom is 0.387 e. The summed E-state index contributed by atoms with van der Waals surface area (Å²) in [7, 11) is -2.19. The third-order valence-corrected chi connectivity index (χ3v) is 5.56. The minimum atomic E-state index is -3.85. The molecule has 0 saturated heterocycles. The molecule has 1 aromatic heterocycles. The van der Waals surface area contributed by atoms with Crippen molar-refractivity contribution >= 4 is 21.9 Å². The molecule has 0 aliphatic heterocycles. The number of nitrogens with one attached hydrogen (secondary N) is 2. The molecular weight excluding hydrogens is 450 g/mol. The third kappa shape index (κ3) is 8.23. The molecule has 10 nitrogen and oxygen atoms in total. The Kier molecular flexibility index (Phi) is 9.08. The van der Waals surface area contributed by atoms with Crippen LogP contribution in [0.4, 0.5) is 8.78 Å². The Morgan fingerprint density at radius 1 is 1.19 bits per heavy atom. The molecule has 32 heavy (non-hydrogen) atoms. The largest absolute Gasteiger partial charge is 0.456 e. The van der Waals surface area contributed by atoms with Gasteiger partial charge < -0.3 is 19.4 Å². The molecule has 0 aliphatic rings. The monoisotopic (exact) mass is 474 g/mol. The van der Waals surface area contributed by atoms with Crippen molar-refractivity contribution in [3.8, 4) is 5.75 Å². The molecule has 0 bridgehead atoms. The second-order valence-corrected chi connectivity index (χ2v) is 8.38. The second-order valence-electron chi connectivity index (χ2n) is 6.67. The molecule has 2 rings (SSSR count). The average Bonchev–Trinajstić information content (AvgIpc) is 3.07. The minimum absolute atomic E-state index is 0.0390. The number of esters is 1. The predicted octanol–water partition coefficient (Wildman–Crippen LogP) is 0.900. The first-order valence-corrected chi connectivity index (χ1v) is 11.0. The summed E-state index contributed by atoms with van der Waals surface area (Å²) in [6.07, 6.45) is 1.53.